The molecular weight excluding hydrogens is 209 g/mol. The monoisotopic (exact) mass is 213 g/mol. The quantitative estimate of drug-likeness (QED) is 0.730. The van der Waals surface area contributed by atoms with Gasteiger partial charge in [-0.05, 0) is 24.3 Å². The molecule has 0 amide bonds. The molecule has 0 unspecified atom stereocenters. The van der Waals surface area contributed by atoms with E-state index in [0.717, 1.165) is 12.1 Å². The van der Waals surface area contributed by atoms with Crippen LogP contribution in [0.15, 0.2) is 28.8 Å². The fourth-order valence-electron chi connectivity index (χ4n) is 1.07. The summed E-state index contributed by atoms with van der Waals surface area (Å²) in [5.41, 5.74) is -0.286. The zero-order chi connectivity index (χ0) is 10.9. The lowest BCUT2D eigenvalue weighted by Crippen LogP contribution is -2.03. The highest BCUT2D eigenvalue weighted by atomic mass is 19.4. The van der Waals surface area contributed by atoms with Crippen LogP contribution < -0.4 is 0 Å². The Morgan fingerprint density at radius 2 is 1.80 bits per heavy atom. The van der Waals surface area contributed by atoms with Crippen molar-refractivity contribution in [3.63, 3.8) is 0 Å². The Balaban J connectivity index is 2.33. The average molecular weight is 213 g/mol. The molecule has 0 aliphatic heterocycles. The zero-order valence-electron chi connectivity index (χ0n) is 7.25. The van der Waals surface area contributed by atoms with Crippen LogP contribution in [-0.2, 0) is 6.18 Å². The number of hydrogen-bond acceptors (Lipinski definition) is 3. The van der Waals surface area contributed by atoms with Gasteiger partial charge in [0, 0.05) is 5.56 Å². The Kier molecular flexibility index (Phi) is 2.18. The van der Waals surface area contributed by atoms with Gasteiger partial charge >= 0.3 is 6.18 Å². The van der Waals surface area contributed by atoms with Gasteiger partial charge in [-0.15, -0.1) is 0 Å². The number of rotatable bonds is 1. The van der Waals surface area contributed by atoms with Crippen molar-refractivity contribution in [1.82, 2.24) is 10.1 Å². The second-order valence-electron chi connectivity index (χ2n) is 2.77. The third-order valence-electron chi connectivity index (χ3n) is 1.78. The van der Waals surface area contributed by atoms with Crippen LogP contribution in [0.3, 0.4) is 0 Å². The first-order valence-corrected chi connectivity index (χ1v) is 3.95. The minimum Gasteiger partial charge on any atom is -0.333 e. The van der Waals surface area contributed by atoms with E-state index in [1.807, 2.05) is 0 Å². The molecule has 1 aromatic heterocycles. The number of nitrogens with zero attached hydrogens (tertiary/aromatic N) is 2. The van der Waals surface area contributed by atoms with Crippen LogP contribution in [-0.4, -0.2) is 10.1 Å². The van der Waals surface area contributed by atoms with Gasteiger partial charge in [-0.3, -0.25) is 0 Å². The first kappa shape index (κ1) is 9.70. The van der Waals surface area contributed by atoms with Crippen LogP contribution in [0.2, 0.25) is 0 Å². The summed E-state index contributed by atoms with van der Waals surface area (Å²) < 4.78 is 41.3. The summed E-state index contributed by atoms with van der Waals surface area (Å²) in [4.78, 5) is 3.59. The lowest BCUT2D eigenvalue weighted by atomic mass is 10.1. The Bertz CT molecular complexity index is 433. The van der Waals surface area contributed by atoms with Gasteiger partial charge in [-0.25, -0.2) is 0 Å². The van der Waals surface area contributed by atoms with E-state index >= 15 is 0 Å². The molecule has 0 aliphatic rings. The van der Waals surface area contributed by atoms with E-state index in [2.05, 4.69) is 21.0 Å². The summed E-state index contributed by atoms with van der Waals surface area (Å²) in [5.74, 6) is 0.142. The summed E-state index contributed by atoms with van der Waals surface area (Å²) in [5, 5.41) is 3.24. The van der Waals surface area contributed by atoms with Crippen molar-refractivity contribution >= 4 is 0 Å². The molecule has 2 aromatic rings. The van der Waals surface area contributed by atoms with Crippen molar-refractivity contribution in [2.24, 2.45) is 0 Å². The van der Waals surface area contributed by atoms with Gasteiger partial charge in [0.1, 0.15) is 0 Å². The maximum absolute atomic E-state index is 12.2. The van der Waals surface area contributed by atoms with Gasteiger partial charge in [-0.1, -0.05) is 5.16 Å². The molecule has 0 fully saturated rings. The van der Waals surface area contributed by atoms with E-state index in [4.69, 9.17) is 0 Å². The second kappa shape index (κ2) is 3.38. The molecule has 0 bridgehead atoms. The summed E-state index contributed by atoms with van der Waals surface area (Å²) >= 11 is 0. The largest absolute Gasteiger partial charge is 0.416 e. The standard InChI is InChI=1S/C9H4F3N2O/c10-9(11,12)7-3-1-6(2-4-7)8-13-5-14-15-8/h1-4H. The van der Waals surface area contributed by atoms with Crippen LogP contribution >= 0.6 is 0 Å². The minimum absolute atomic E-state index is 0.142. The lowest BCUT2D eigenvalue weighted by Gasteiger charge is -2.05. The van der Waals surface area contributed by atoms with E-state index < -0.39 is 11.7 Å². The van der Waals surface area contributed by atoms with Crippen molar-refractivity contribution in [3.05, 3.63) is 36.2 Å². The predicted molar refractivity (Wildman–Crippen MR) is 43.6 cm³/mol. The second-order valence-corrected chi connectivity index (χ2v) is 2.77. The topological polar surface area (TPSA) is 38.9 Å². The molecule has 0 aliphatic carbocycles. The average Bonchev–Trinajstić information content (AvgIpc) is 2.69. The van der Waals surface area contributed by atoms with Gasteiger partial charge in [0.25, 0.3) is 5.89 Å². The van der Waals surface area contributed by atoms with Crippen LogP contribution in [0.4, 0.5) is 13.2 Å². The lowest BCUT2D eigenvalue weighted by molar-refractivity contribution is -0.137. The Morgan fingerprint density at radius 3 is 2.27 bits per heavy atom. The molecule has 15 heavy (non-hydrogen) atoms. The highest BCUT2D eigenvalue weighted by Crippen LogP contribution is 2.30. The van der Waals surface area contributed by atoms with Crippen LogP contribution in [0.25, 0.3) is 11.5 Å². The fourth-order valence-corrected chi connectivity index (χ4v) is 1.07. The maximum atomic E-state index is 12.2. The summed E-state index contributed by atoms with van der Waals surface area (Å²) in [6.45, 7) is 0. The molecule has 6 heteroatoms. The van der Waals surface area contributed by atoms with E-state index in [1.54, 1.807) is 0 Å². The van der Waals surface area contributed by atoms with Crippen molar-refractivity contribution in [2.75, 3.05) is 0 Å². The molecule has 77 valence electrons. The molecule has 2 rings (SSSR count). The molecule has 0 spiro atoms. The molecule has 1 heterocycles. The van der Waals surface area contributed by atoms with Crippen LogP contribution in [0.5, 0.6) is 0 Å². The van der Waals surface area contributed by atoms with Gasteiger partial charge in [0.05, 0.1) is 5.56 Å². The van der Waals surface area contributed by atoms with E-state index in [1.165, 1.54) is 12.1 Å². The molecular formula is C9H4F3N2O. The predicted octanol–water partition coefficient (Wildman–Crippen LogP) is 2.56. The SMILES string of the molecule is FC(F)(F)c1ccc(-c2n[c]no2)cc1. The highest BCUT2D eigenvalue weighted by Gasteiger charge is 2.30. The van der Waals surface area contributed by atoms with Crippen molar-refractivity contribution in [3.8, 4) is 11.5 Å². The Labute approximate surface area is 82.5 Å². The van der Waals surface area contributed by atoms with Crippen LogP contribution in [0.1, 0.15) is 5.56 Å². The molecule has 0 N–H and O–H groups in total. The van der Waals surface area contributed by atoms with E-state index in [0.29, 0.717) is 5.56 Å². The molecule has 1 aromatic carbocycles. The number of halogens is 3. The normalized spacial score (nSPS) is 11.7. The third-order valence-corrected chi connectivity index (χ3v) is 1.78. The number of benzene rings is 1. The highest BCUT2D eigenvalue weighted by molar-refractivity contribution is 5.52. The Morgan fingerprint density at radius 1 is 1.13 bits per heavy atom. The molecule has 3 nitrogen and oxygen atoms in total. The minimum atomic E-state index is -4.33. The first-order chi connectivity index (χ1) is 7.07. The van der Waals surface area contributed by atoms with Crippen molar-refractivity contribution in [2.45, 2.75) is 6.18 Å². The maximum Gasteiger partial charge on any atom is 0.416 e. The Hall–Kier alpha value is -1.85. The van der Waals surface area contributed by atoms with Gasteiger partial charge < -0.3 is 4.52 Å². The van der Waals surface area contributed by atoms with Crippen molar-refractivity contribution in [1.29, 1.82) is 0 Å². The molecule has 0 saturated carbocycles. The number of hydrogen-bond donors (Lipinski definition) is 0. The summed E-state index contributed by atoms with van der Waals surface area (Å²) in [7, 11) is 0. The first-order valence-electron chi connectivity index (χ1n) is 3.95. The molecule has 1 radical (unpaired) electrons. The van der Waals surface area contributed by atoms with E-state index in [-0.39, 0.29) is 5.89 Å². The third kappa shape index (κ3) is 1.98. The summed E-state index contributed by atoms with van der Waals surface area (Å²) in [6, 6.07) is 4.45. The smallest absolute Gasteiger partial charge is 0.333 e. The van der Waals surface area contributed by atoms with Gasteiger partial charge in [0.2, 0.25) is 6.33 Å². The zero-order valence-corrected chi connectivity index (χ0v) is 7.25. The molecule has 0 saturated heterocycles. The van der Waals surface area contributed by atoms with Crippen LogP contribution in [0, 0.1) is 6.33 Å². The van der Waals surface area contributed by atoms with Crippen molar-refractivity contribution < 1.29 is 17.7 Å². The number of alkyl halides is 3. The van der Waals surface area contributed by atoms with E-state index in [9.17, 15) is 13.2 Å². The summed E-state index contributed by atoms with van der Waals surface area (Å²) in [6.07, 6.45) is -2.15. The van der Waals surface area contributed by atoms with Gasteiger partial charge in [0.15, 0.2) is 0 Å². The van der Waals surface area contributed by atoms with Gasteiger partial charge in [-0.2, -0.15) is 18.2 Å². The molecule has 0 atom stereocenters. The number of aromatic nitrogens is 2. The fraction of sp³-hybridized carbons (Fsp3) is 0.111.